The highest BCUT2D eigenvalue weighted by atomic mass is 28.4. The van der Waals surface area contributed by atoms with Crippen LogP contribution in [-0.4, -0.2) is 47.3 Å². The summed E-state index contributed by atoms with van der Waals surface area (Å²) < 4.78 is 20.8. The van der Waals surface area contributed by atoms with E-state index in [2.05, 4.69) is 84.3 Å². The van der Waals surface area contributed by atoms with Crippen LogP contribution in [-0.2, 0) is 13.9 Å². The van der Waals surface area contributed by atoms with Crippen LogP contribution in [0.1, 0.15) is 27.0 Å². The van der Waals surface area contributed by atoms with E-state index in [0.717, 1.165) is 0 Å². The van der Waals surface area contributed by atoms with E-state index < -0.39 is 20.8 Å². The molecule has 1 aliphatic rings. The predicted molar refractivity (Wildman–Crippen MR) is 132 cm³/mol. The van der Waals surface area contributed by atoms with E-state index in [1.807, 2.05) is 12.1 Å². The third-order valence-corrected chi connectivity index (χ3v) is 11.3. The highest BCUT2D eigenvalue weighted by Gasteiger charge is 2.50. The topological polar surface area (TPSA) is 91.3 Å². The van der Waals surface area contributed by atoms with Crippen molar-refractivity contribution in [2.24, 2.45) is 0 Å². The highest BCUT2D eigenvalue weighted by Crippen LogP contribution is 2.37. The summed E-state index contributed by atoms with van der Waals surface area (Å²) in [6.45, 7) is 7.30. The monoisotopic (exact) mass is 476 g/mol. The van der Waals surface area contributed by atoms with E-state index in [4.69, 9.17) is 13.9 Å². The summed E-state index contributed by atoms with van der Waals surface area (Å²) in [5.74, 6) is 0. The maximum Gasteiger partial charge on any atom is 0.278 e. The molecular formula is C25H28N4O4Si. The lowest BCUT2D eigenvalue weighted by atomic mass is 10.2. The summed E-state index contributed by atoms with van der Waals surface area (Å²) >= 11 is 0. The molecule has 4 aromatic rings. The van der Waals surface area contributed by atoms with Crippen molar-refractivity contribution in [2.75, 3.05) is 13.2 Å². The van der Waals surface area contributed by atoms with E-state index in [1.165, 1.54) is 16.7 Å². The van der Waals surface area contributed by atoms with Crippen LogP contribution in [0.25, 0.3) is 11.2 Å². The quantitative estimate of drug-likeness (QED) is 0.430. The number of nitrogens with one attached hydrogen (secondary N) is 1. The largest absolute Gasteiger partial charge is 0.402 e. The SMILES string of the molecule is CC(C)(C)[Si](OC[C@@H]1OC[C@H](n2cnc3c(=O)[nH]cnc32)O1)(c1ccccc1)c1ccccc1. The van der Waals surface area contributed by atoms with Gasteiger partial charge in [-0.1, -0.05) is 81.4 Å². The van der Waals surface area contributed by atoms with Crippen molar-refractivity contribution in [2.45, 2.75) is 38.3 Å². The highest BCUT2D eigenvalue weighted by molar-refractivity contribution is 6.99. The van der Waals surface area contributed by atoms with Crippen molar-refractivity contribution in [3.8, 4) is 0 Å². The Hall–Kier alpha value is -3.11. The molecule has 8 nitrogen and oxygen atoms in total. The number of aromatic amines is 1. The van der Waals surface area contributed by atoms with Gasteiger partial charge in [0.1, 0.15) is 0 Å². The van der Waals surface area contributed by atoms with E-state index in [-0.39, 0.29) is 22.7 Å². The van der Waals surface area contributed by atoms with Crippen LogP contribution in [0.4, 0.5) is 0 Å². The van der Waals surface area contributed by atoms with Crippen LogP contribution in [0, 0.1) is 0 Å². The minimum atomic E-state index is -2.69. The average Bonchev–Trinajstić information content (AvgIpc) is 3.48. The molecule has 176 valence electrons. The Morgan fingerprint density at radius 2 is 1.71 bits per heavy atom. The maximum atomic E-state index is 12.0. The van der Waals surface area contributed by atoms with Crippen molar-refractivity contribution >= 4 is 29.9 Å². The van der Waals surface area contributed by atoms with Gasteiger partial charge in [-0.15, -0.1) is 0 Å². The molecule has 0 bridgehead atoms. The number of nitrogens with zero attached hydrogens (tertiary/aromatic N) is 3. The van der Waals surface area contributed by atoms with Crippen LogP contribution in [0.3, 0.4) is 0 Å². The molecule has 0 amide bonds. The second kappa shape index (κ2) is 8.92. The van der Waals surface area contributed by atoms with Gasteiger partial charge in [0.25, 0.3) is 13.9 Å². The van der Waals surface area contributed by atoms with Gasteiger partial charge >= 0.3 is 0 Å². The van der Waals surface area contributed by atoms with E-state index in [9.17, 15) is 4.79 Å². The van der Waals surface area contributed by atoms with Gasteiger partial charge in [0.2, 0.25) is 0 Å². The Bertz CT molecular complexity index is 1280. The van der Waals surface area contributed by atoms with Crippen LogP contribution < -0.4 is 15.9 Å². The molecule has 3 heterocycles. The van der Waals surface area contributed by atoms with E-state index >= 15 is 0 Å². The van der Waals surface area contributed by atoms with Gasteiger partial charge in [0, 0.05) is 0 Å². The zero-order chi connectivity index (χ0) is 23.8. The molecule has 2 aromatic heterocycles. The summed E-state index contributed by atoms with van der Waals surface area (Å²) in [7, 11) is -2.69. The van der Waals surface area contributed by atoms with Crippen LogP contribution in [0.5, 0.6) is 0 Å². The molecule has 0 unspecified atom stereocenters. The Morgan fingerprint density at radius 1 is 1.06 bits per heavy atom. The smallest absolute Gasteiger partial charge is 0.278 e. The third-order valence-electron chi connectivity index (χ3n) is 6.26. The summed E-state index contributed by atoms with van der Waals surface area (Å²) in [4.78, 5) is 23.0. The van der Waals surface area contributed by atoms with Gasteiger partial charge in [-0.2, -0.15) is 0 Å². The summed E-state index contributed by atoms with van der Waals surface area (Å²) in [6, 6.07) is 20.9. The van der Waals surface area contributed by atoms with Crippen molar-refractivity contribution in [3.05, 3.63) is 83.7 Å². The first-order valence-electron chi connectivity index (χ1n) is 11.3. The maximum absolute atomic E-state index is 12.0. The van der Waals surface area contributed by atoms with Gasteiger partial charge in [0.05, 0.1) is 25.9 Å². The molecule has 0 spiro atoms. The first-order chi connectivity index (χ1) is 16.4. The van der Waals surface area contributed by atoms with Crippen molar-refractivity contribution in [1.29, 1.82) is 0 Å². The molecule has 0 aliphatic carbocycles. The molecule has 0 saturated carbocycles. The Labute approximate surface area is 198 Å². The normalized spacial score (nSPS) is 19.0. The molecule has 9 heteroatoms. The number of fused-ring (bicyclic) bond motifs is 1. The Morgan fingerprint density at radius 3 is 2.32 bits per heavy atom. The number of aromatic nitrogens is 4. The average molecular weight is 477 g/mol. The number of H-pyrrole nitrogens is 1. The fourth-order valence-electron chi connectivity index (χ4n) is 4.71. The third kappa shape index (κ3) is 3.90. The lowest BCUT2D eigenvalue weighted by Crippen LogP contribution is -2.67. The van der Waals surface area contributed by atoms with Crippen molar-refractivity contribution < 1.29 is 13.9 Å². The molecule has 1 aliphatic heterocycles. The van der Waals surface area contributed by atoms with E-state index in [0.29, 0.717) is 12.3 Å². The van der Waals surface area contributed by atoms with Gasteiger partial charge in [-0.05, 0) is 15.4 Å². The molecule has 2 aromatic carbocycles. The Balaban J connectivity index is 1.42. The molecule has 2 atom stereocenters. The number of benzene rings is 2. The van der Waals surface area contributed by atoms with Crippen LogP contribution >= 0.6 is 0 Å². The first-order valence-corrected chi connectivity index (χ1v) is 13.2. The summed E-state index contributed by atoms with van der Waals surface area (Å²) in [6.07, 6.45) is 1.94. The van der Waals surface area contributed by atoms with Gasteiger partial charge < -0.3 is 18.9 Å². The van der Waals surface area contributed by atoms with E-state index in [1.54, 1.807) is 10.9 Å². The molecule has 1 N–H and O–H groups in total. The fourth-order valence-corrected chi connectivity index (χ4v) is 9.25. The zero-order valence-electron chi connectivity index (χ0n) is 19.5. The lowest BCUT2D eigenvalue weighted by Gasteiger charge is -2.43. The number of hydrogen-bond acceptors (Lipinski definition) is 6. The predicted octanol–water partition coefficient (Wildman–Crippen LogP) is 2.57. The van der Waals surface area contributed by atoms with Gasteiger partial charge in [0.15, 0.2) is 23.7 Å². The Kier molecular flexibility index (Phi) is 5.94. The van der Waals surface area contributed by atoms with Crippen molar-refractivity contribution in [3.63, 3.8) is 0 Å². The second-order valence-electron chi connectivity index (χ2n) is 9.38. The minimum absolute atomic E-state index is 0.140. The first kappa shape index (κ1) is 22.7. The number of hydrogen-bond donors (Lipinski definition) is 1. The van der Waals surface area contributed by atoms with Crippen LogP contribution in [0.2, 0.25) is 5.04 Å². The second-order valence-corrected chi connectivity index (χ2v) is 13.7. The molecule has 1 fully saturated rings. The molecule has 0 radical (unpaired) electrons. The molecule has 5 rings (SSSR count). The molecule has 34 heavy (non-hydrogen) atoms. The summed E-state index contributed by atoms with van der Waals surface area (Å²) in [5, 5.41) is 2.26. The standard InChI is InChI=1S/C25H28N4O4Si/c1-25(2,3)34(18-10-6-4-7-11-18,19-12-8-5-9-13-19)32-15-21-31-14-20(33-21)29-17-28-22-23(29)26-16-27-24(22)30/h4-13,16-17,20-21H,14-15H2,1-3H3,(H,26,27,30)/t20-,21-/m1/s1. The van der Waals surface area contributed by atoms with Crippen LogP contribution in [0.15, 0.2) is 78.1 Å². The lowest BCUT2D eigenvalue weighted by molar-refractivity contribution is -0.0943. The summed E-state index contributed by atoms with van der Waals surface area (Å²) in [5.41, 5.74) is 0.457. The molecular weight excluding hydrogens is 448 g/mol. The number of rotatable bonds is 6. The molecule has 1 saturated heterocycles. The minimum Gasteiger partial charge on any atom is -0.402 e. The number of imidazole rings is 1. The fraction of sp³-hybridized carbons (Fsp3) is 0.320. The van der Waals surface area contributed by atoms with Crippen molar-refractivity contribution in [1.82, 2.24) is 19.5 Å². The van der Waals surface area contributed by atoms with Gasteiger partial charge in [-0.3, -0.25) is 9.36 Å². The zero-order valence-corrected chi connectivity index (χ0v) is 20.5. The van der Waals surface area contributed by atoms with Gasteiger partial charge in [-0.25, -0.2) is 9.97 Å². The number of ether oxygens (including phenoxy) is 2.